The second kappa shape index (κ2) is 12.3. The molecule has 1 unspecified atom stereocenters. The second-order valence-corrected chi connectivity index (χ2v) is 8.57. The number of amides is 2. The summed E-state index contributed by atoms with van der Waals surface area (Å²) in [5, 5.41) is 5.88. The Morgan fingerprint density at radius 2 is 1.81 bits per heavy atom. The van der Waals surface area contributed by atoms with Crippen molar-refractivity contribution in [1.29, 1.82) is 0 Å². The predicted molar refractivity (Wildman–Crippen MR) is 136 cm³/mol. The highest BCUT2D eigenvalue weighted by molar-refractivity contribution is 5.94. The van der Waals surface area contributed by atoms with Crippen molar-refractivity contribution in [3.8, 4) is 17.2 Å². The normalized spacial score (nSPS) is 14.7. The molecular formula is C27H32N4O5. The number of carbonyl (C=O) groups is 2. The molecule has 1 atom stereocenters. The lowest BCUT2D eigenvalue weighted by Crippen LogP contribution is -2.49. The van der Waals surface area contributed by atoms with Gasteiger partial charge in [0.25, 0.3) is 0 Å². The van der Waals surface area contributed by atoms with Crippen LogP contribution in [0.1, 0.15) is 24.8 Å². The van der Waals surface area contributed by atoms with E-state index in [0.29, 0.717) is 41.8 Å². The minimum Gasteiger partial charge on any atom is -0.493 e. The molecule has 9 nitrogen and oxygen atoms in total. The quantitative estimate of drug-likeness (QED) is 0.447. The van der Waals surface area contributed by atoms with Gasteiger partial charge in [-0.05, 0) is 38.1 Å². The molecule has 2 amide bonds. The van der Waals surface area contributed by atoms with E-state index in [-0.39, 0.29) is 37.4 Å². The Bertz CT molecular complexity index is 1160. The van der Waals surface area contributed by atoms with Gasteiger partial charge in [0.1, 0.15) is 17.2 Å². The maximum absolute atomic E-state index is 12.6. The highest BCUT2D eigenvalue weighted by Crippen LogP contribution is 2.29. The van der Waals surface area contributed by atoms with Gasteiger partial charge >= 0.3 is 0 Å². The van der Waals surface area contributed by atoms with Gasteiger partial charge in [0.2, 0.25) is 17.7 Å². The summed E-state index contributed by atoms with van der Waals surface area (Å²) < 4.78 is 16.9. The van der Waals surface area contributed by atoms with E-state index in [0.717, 1.165) is 18.8 Å². The fraction of sp³-hybridized carbons (Fsp3) is 0.370. The number of aryl methyl sites for hydroxylation is 1. The average molecular weight is 493 g/mol. The largest absolute Gasteiger partial charge is 0.493 e. The summed E-state index contributed by atoms with van der Waals surface area (Å²) in [6.07, 6.45) is 0.201. The molecule has 0 spiro atoms. The molecule has 0 bridgehead atoms. The number of hydrogen-bond acceptors (Lipinski definition) is 7. The minimum atomic E-state index is -0.248. The summed E-state index contributed by atoms with van der Waals surface area (Å²) in [5.41, 5.74) is 1.90. The second-order valence-electron chi connectivity index (χ2n) is 8.57. The molecule has 9 heteroatoms. The lowest BCUT2D eigenvalue weighted by atomic mass is 10.1. The van der Waals surface area contributed by atoms with Gasteiger partial charge in [-0.3, -0.25) is 14.5 Å². The molecule has 2 N–H and O–H groups in total. The van der Waals surface area contributed by atoms with E-state index in [2.05, 4.69) is 20.5 Å². The Balaban J connectivity index is 1.35. The maximum Gasteiger partial charge on any atom is 0.237 e. The lowest BCUT2D eigenvalue weighted by Gasteiger charge is -2.31. The van der Waals surface area contributed by atoms with Gasteiger partial charge in [-0.1, -0.05) is 30.3 Å². The van der Waals surface area contributed by atoms with Gasteiger partial charge in [-0.2, -0.15) is 0 Å². The molecule has 0 saturated carbocycles. The Kier molecular flexibility index (Phi) is 8.70. The highest BCUT2D eigenvalue weighted by Gasteiger charge is 2.23. The van der Waals surface area contributed by atoms with Gasteiger partial charge in [0.05, 0.1) is 50.1 Å². The number of para-hydroxylation sites is 2. The zero-order valence-electron chi connectivity index (χ0n) is 20.7. The van der Waals surface area contributed by atoms with Crippen LogP contribution in [0.3, 0.4) is 0 Å². The van der Waals surface area contributed by atoms with E-state index in [9.17, 15) is 9.59 Å². The summed E-state index contributed by atoms with van der Waals surface area (Å²) in [7, 11) is 0. The molecule has 1 aromatic heterocycles. The van der Waals surface area contributed by atoms with E-state index >= 15 is 0 Å². The average Bonchev–Trinajstić information content (AvgIpc) is 3.28. The first-order valence-electron chi connectivity index (χ1n) is 12.1. The third-order valence-electron chi connectivity index (χ3n) is 6.07. The molecule has 2 aromatic carbocycles. The Morgan fingerprint density at radius 3 is 2.58 bits per heavy atom. The summed E-state index contributed by atoms with van der Waals surface area (Å²) in [4.78, 5) is 31.9. The third kappa shape index (κ3) is 6.71. The fourth-order valence-electron chi connectivity index (χ4n) is 3.93. The summed E-state index contributed by atoms with van der Waals surface area (Å²) >= 11 is 0. The molecule has 0 radical (unpaired) electrons. The molecule has 2 heterocycles. The van der Waals surface area contributed by atoms with Crippen molar-refractivity contribution in [3.05, 3.63) is 66.1 Å². The first kappa shape index (κ1) is 25.4. The zero-order valence-corrected chi connectivity index (χ0v) is 20.7. The van der Waals surface area contributed by atoms with E-state index in [1.807, 2.05) is 62.4 Å². The minimum absolute atomic E-state index is 0.0637. The molecule has 190 valence electrons. The molecule has 1 aliphatic heterocycles. The van der Waals surface area contributed by atoms with Gasteiger partial charge < -0.3 is 24.5 Å². The van der Waals surface area contributed by atoms with Crippen molar-refractivity contribution < 1.29 is 23.5 Å². The fourth-order valence-corrected chi connectivity index (χ4v) is 3.93. The van der Waals surface area contributed by atoms with E-state index in [1.54, 1.807) is 6.07 Å². The molecule has 1 saturated heterocycles. The summed E-state index contributed by atoms with van der Waals surface area (Å²) in [6.45, 7) is 6.98. The number of nitrogens with one attached hydrogen (secondary N) is 2. The number of rotatable bonds is 10. The van der Waals surface area contributed by atoms with Gasteiger partial charge in [-0.25, -0.2) is 4.98 Å². The van der Waals surface area contributed by atoms with Crippen LogP contribution in [0.4, 0.5) is 5.69 Å². The molecule has 4 rings (SSSR count). The van der Waals surface area contributed by atoms with Crippen LogP contribution in [0.25, 0.3) is 11.5 Å². The first-order chi connectivity index (χ1) is 17.5. The standard InChI is InChI=1S/C27H32N4O5/c1-19(31-13-16-34-17-14-31)26(33)28-18-24-20(2)36-27(30-24)22-10-6-7-11-23(22)29-25(32)12-15-35-21-8-4-3-5-9-21/h3-11,19H,12-18H2,1-2H3,(H,28,33)(H,29,32). The number of oxazole rings is 1. The van der Waals surface area contributed by atoms with Crippen molar-refractivity contribution >= 4 is 17.5 Å². The number of anilines is 1. The molecule has 1 fully saturated rings. The third-order valence-corrected chi connectivity index (χ3v) is 6.07. The van der Waals surface area contributed by atoms with Crippen LogP contribution < -0.4 is 15.4 Å². The Morgan fingerprint density at radius 1 is 1.08 bits per heavy atom. The maximum atomic E-state index is 12.6. The van der Waals surface area contributed by atoms with Crippen LogP contribution >= 0.6 is 0 Å². The number of carbonyl (C=O) groups excluding carboxylic acids is 2. The highest BCUT2D eigenvalue weighted by atomic mass is 16.5. The van der Waals surface area contributed by atoms with E-state index in [4.69, 9.17) is 13.9 Å². The summed E-state index contributed by atoms with van der Waals surface area (Å²) in [5.74, 6) is 1.48. The molecule has 0 aliphatic carbocycles. The Labute approximate surface area is 210 Å². The van der Waals surface area contributed by atoms with E-state index < -0.39 is 0 Å². The van der Waals surface area contributed by atoms with Gasteiger partial charge in [0.15, 0.2) is 0 Å². The van der Waals surface area contributed by atoms with Crippen molar-refractivity contribution in [3.63, 3.8) is 0 Å². The van der Waals surface area contributed by atoms with Crippen LogP contribution in [-0.4, -0.2) is 60.7 Å². The lowest BCUT2D eigenvalue weighted by molar-refractivity contribution is -0.127. The number of hydrogen-bond donors (Lipinski definition) is 2. The van der Waals surface area contributed by atoms with Crippen LogP contribution in [0, 0.1) is 6.92 Å². The van der Waals surface area contributed by atoms with Crippen LogP contribution in [0.15, 0.2) is 59.0 Å². The number of benzene rings is 2. The van der Waals surface area contributed by atoms with Crippen LogP contribution in [0.5, 0.6) is 5.75 Å². The van der Waals surface area contributed by atoms with Crippen molar-refractivity contribution in [2.24, 2.45) is 0 Å². The van der Waals surface area contributed by atoms with Gasteiger partial charge in [0, 0.05) is 13.1 Å². The van der Waals surface area contributed by atoms with Crippen molar-refractivity contribution in [1.82, 2.24) is 15.2 Å². The van der Waals surface area contributed by atoms with E-state index in [1.165, 1.54) is 0 Å². The SMILES string of the molecule is Cc1oc(-c2ccccc2NC(=O)CCOc2ccccc2)nc1CNC(=O)C(C)N1CCOCC1. The predicted octanol–water partition coefficient (Wildman–Crippen LogP) is 3.39. The topological polar surface area (TPSA) is 106 Å². The number of ether oxygens (including phenoxy) is 2. The number of nitrogens with zero attached hydrogens (tertiary/aromatic N) is 2. The molecule has 3 aromatic rings. The van der Waals surface area contributed by atoms with Gasteiger partial charge in [-0.15, -0.1) is 0 Å². The molecular weight excluding hydrogens is 460 g/mol. The van der Waals surface area contributed by atoms with Crippen molar-refractivity contribution in [2.75, 3.05) is 38.2 Å². The smallest absolute Gasteiger partial charge is 0.237 e. The molecule has 36 heavy (non-hydrogen) atoms. The van der Waals surface area contributed by atoms with Crippen LogP contribution in [0.2, 0.25) is 0 Å². The van der Waals surface area contributed by atoms with Crippen molar-refractivity contribution in [2.45, 2.75) is 32.9 Å². The molecule has 1 aliphatic rings. The Hall–Kier alpha value is -3.69. The summed E-state index contributed by atoms with van der Waals surface area (Å²) in [6, 6.07) is 16.5. The van der Waals surface area contributed by atoms with Crippen LogP contribution in [-0.2, 0) is 20.9 Å². The first-order valence-corrected chi connectivity index (χ1v) is 12.1. The zero-order chi connectivity index (χ0) is 25.3. The number of aromatic nitrogens is 1. The monoisotopic (exact) mass is 492 g/mol. The number of morpholine rings is 1.